The van der Waals surface area contributed by atoms with E-state index in [4.69, 9.17) is 0 Å². The lowest BCUT2D eigenvalue weighted by molar-refractivity contribution is 0.603. The molecule has 2 heterocycles. The minimum atomic E-state index is -3.57. The van der Waals surface area contributed by atoms with Gasteiger partial charge >= 0.3 is 0 Å². The summed E-state index contributed by atoms with van der Waals surface area (Å²) in [4.78, 5) is 5.32. The second-order valence-corrected chi connectivity index (χ2v) is 8.63. The van der Waals surface area contributed by atoms with Gasteiger partial charge in [0.05, 0.1) is 11.9 Å². The number of thiophene rings is 1. The topological polar surface area (TPSA) is 71.1 Å². The molecule has 0 aliphatic rings. The van der Waals surface area contributed by atoms with Gasteiger partial charge in [-0.15, -0.1) is 11.3 Å². The third-order valence-corrected chi connectivity index (χ3v) is 6.78. The normalized spacial score (nSPS) is 11.3. The number of para-hydroxylation sites is 1. The molecule has 130 valence electrons. The molecule has 0 saturated heterocycles. The van der Waals surface area contributed by atoms with Crippen LogP contribution >= 0.6 is 11.3 Å². The fourth-order valence-corrected chi connectivity index (χ4v) is 4.62. The Hall–Kier alpha value is -2.38. The van der Waals surface area contributed by atoms with Gasteiger partial charge in [0.2, 0.25) is 0 Å². The zero-order valence-corrected chi connectivity index (χ0v) is 15.6. The molecule has 1 aromatic carbocycles. The largest absolute Gasteiger partial charge is 0.340 e. The first-order valence-electron chi connectivity index (χ1n) is 7.88. The van der Waals surface area contributed by atoms with Crippen LogP contribution in [-0.2, 0) is 16.4 Å². The summed E-state index contributed by atoms with van der Waals surface area (Å²) in [6.45, 7) is 4.01. The quantitative estimate of drug-likeness (QED) is 0.664. The minimum Gasteiger partial charge on any atom is -0.340 e. The Morgan fingerprint density at radius 3 is 2.52 bits per heavy atom. The molecule has 0 aliphatic heterocycles. The first-order chi connectivity index (χ1) is 12.0. The van der Waals surface area contributed by atoms with Gasteiger partial charge in [0.1, 0.15) is 10.0 Å². The maximum Gasteiger partial charge on any atom is 0.271 e. The van der Waals surface area contributed by atoms with Crippen molar-refractivity contribution in [2.24, 2.45) is 0 Å². The predicted octanol–water partition coefficient (Wildman–Crippen LogP) is 4.56. The summed E-state index contributed by atoms with van der Waals surface area (Å²) in [6.07, 6.45) is 2.33. The monoisotopic (exact) mass is 373 g/mol. The Balaban J connectivity index is 1.73. The Labute approximate surface area is 151 Å². The maximum atomic E-state index is 12.4. The van der Waals surface area contributed by atoms with Crippen molar-refractivity contribution in [1.82, 2.24) is 4.98 Å². The lowest BCUT2D eigenvalue weighted by atomic mass is 10.2. The number of pyridine rings is 1. The van der Waals surface area contributed by atoms with Crippen molar-refractivity contribution in [2.45, 2.75) is 24.5 Å². The second kappa shape index (κ2) is 7.25. The third kappa shape index (κ3) is 4.18. The van der Waals surface area contributed by atoms with Crippen LogP contribution in [0, 0.1) is 6.92 Å². The molecule has 0 atom stereocenters. The number of hydrogen-bond donors (Lipinski definition) is 2. The fraction of sp³-hybridized carbons (Fsp3) is 0.167. The Kier molecular flexibility index (Phi) is 5.06. The summed E-state index contributed by atoms with van der Waals surface area (Å²) in [7, 11) is -3.57. The molecule has 0 radical (unpaired) electrons. The number of sulfonamides is 1. The highest BCUT2D eigenvalue weighted by Crippen LogP contribution is 2.25. The van der Waals surface area contributed by atoms with Gasteiger partial charge in [-0.25, -0.2) is 13.4 Å². The SMILES string of the molecule is CCc1ccc(S(=O)(=O)Nc2ccc(Nc3ccccc3C)nc2)s1. The average Bonchev–Trinajstić information content (AvgIpc) is 3.09. The number of aromatic nitrogens is 1. The molecule has 2 aromatic heterocycles. The van der Waals surface area contributed by atoms with Crippen LogP contribution in [0.1, 0.15) is 17.4 Å². The molecule has 0 fully saturated rings. The van der Waals surface area contributed by atoms with Gasteiger partial charge in [0.15, 0.2) is 0 Å². The molecular formula is C18H19N3O2S2. The van der Waals surface area contributed by atoms with Gasteiger partial charge in [0.25, 0.3) is 10.0 Å². The van der Waals surface area contributed by atoms with Crippen molar-refractivity contribution in [3.05, 3.63) is 65.2 Å². The number of benzene rings is 1. The molecule has 0 aliphatic carbocycles. The Bertz CT molecular complexity index is 964. The van der Waals surface area contributed by atoms with E-state index in [0.717, 1.165) is 22.5 Å². The molecule has 25 heavy (non-hydrogen) atoms. The summed E-state index contributed by atoms with van der Waals surface area (Å²) in [5, 5.41) is 3.22. The summed E-state index contributed by atoms with van der Waals surface area (Å²) in [5.41, 5.74) is 2.51. The minimum absolute atomic E-state index is 0.312. The first kappa shape index (κ1) is 17.4. The Morgan fingerprint density at radius 2 is 1.88 bits per heavy atom. The molecule has 0 spiro atoms. The fourth-order valence-electron chi connectivity index (χ4n) is 2.28. The highest BCUT2D eigenvalue weighted by atomic mass is 32.2. The summed E-state index contributed by atoms with van der Waals surface area (Å²) < 4.78 is 27.7. The van der Waals surface area contributed by atoms with Gasteiger partial charge < -0.3 is 5.32 Å². The lowest BCUT2D eigenvalue weighted by Gasteiger charge is -2.10. The zero-order valence-electron chi connectivity index (χ0n) is 14.0. The first-order valence-corrected chi connectivity index (χ1v) is 10.2. The van der Waals surface area contributed by atoms with Crippen molar-refractivity contribution in [2.75, 3.05) is 10.0 Å². The van der Waals surface area contributed by atoms with Crippen LogP contribution in [0.15, 0.2) is 58.9 Å². The van der Waals surface area contributed by atoms with Crippen molar-refractivity contribution in [3.63, 3.8) is 0 Å². The summed E-state index contributed by atoms with van der Waals surface area (Å²) in [5.74, 6) is 0.654. The van der Waals surface area contributed by atoms with Crippen molar-refractivity contribution >= 4 is 38.6 Å². The van der Waals surface area contributed by atoms with Crippen LogP contribution in [0.3, 0.4) is 0 Å². The molecule has 3 rings (SSSR count). The number of hydrogen-bond acceptors (Lipinski definition) is 5. The van der Waals surface area contributed by atoms with E-state index in [1.807, 2.05) is 44.2 Å². The highest BCUT2D eigenvalue weighted by Gasteiger charge is 2.16. The molecule has 0 saturated carbocycles. The smallest absolute Gasteiger partial charge is 0.271 e. The van der Waals surface area contributed by atoms with Crippen molar-refractivity contribution < 1.29 is 8.42 Å². The average molecular weight is 374 g/mol. The van der Waals surface area contributed by atoms with E-state index in [2.05, 4.69) is 15.0 Å². The molecule has 0 amide bonds. The van der Waals surface area contributed by atoms with Gasteiger partial charge in [-0.05, 0) is 49.2 Å². The summed E-state index contributed by atoms with van der Waals surface area (Å²) >= 11 is 1.28. The summed E-state index contributed by atoms with van der Waals surface area (Å²) in [6, 6.07) is 14.8. The van der Waals surface area contributed by atoms with Crippen LogP contribution in [0.5, 0.6) is 0 Å². The highest BCUT2D eigenvalue weighted by molar-refractivity contribution is 7.94. The number of anilines is 3. The van der Waals surface area contributed by atoms with Gasteiger partial charge in [-0.2, -0.15) is 0 Å². The number of aryl methyl sites for hydroxylation is 2. The third-order valence-electron chi connectivity index (χ3n) is 3.67. The molecule has 0 bridgehead atoms. The van der Waals surface area contributed by atoms with E-state index in [0.29, 0.717) is 15.7 Å². The maximum absolute atomic E-state index is 12.4. The van der Waals surface area contributed by atoms with E-state index in [1.54, 1.807) is 18.2 Å². The number of nitrogens with one attached hydrogen (secondary N) is 2. The van der Waals surface area contributed by atoms with Crippen LogP contribution in [-0.4, -0.2) is 13.4 Å². The van der Waals surface area contributed by atoms with Gasteiger partial charge in [-0.1, -0.05) is 25.1 Å². The molecular weight excluding hydrogens is 354 g/mol. The van der Waals surface area contributed by atoms with E-state index in [-0.39, 0.29) is 0 Å². The van der Waals surface area contributed by atoms with Crippen LogP contribution in [0.4, 0.5) is 17.2 Å². The number of rotatable bonds is 6. The molecule has 5 nitrogen and oxygen atoms in total. The van der Waals surface area contributed by atoms with Crippen LogP contribution in [0.25, 0.3) is 0 Å². The van der Waals surface area contributed by atoms with Gasteiger partial charge in [0, 0.05) is 10.6 Å². The number of nitrogens with zero attached hydrogens (tertiary/aromatic N) is 1. The van der Waals surface area contributed by atoms with Crippen LogP contribution in [0.2, 0.25) is 0 Å². The van der Waals surface area contributed by atoms with E-state index in [9.17, 15) is 8.42 Å². The molecule has 0 unspecified atom stereocenters. The van der Waals surface area contributed by atoms with E-state index < -0.39 is 10.0 Å². The van der Waals surface area contributed by atoms with Crippen LogP contribution < -0.4 is 10.0 Å². The Morgan fingerprint density at radius 1 is 1.08 bits per heavy atom. The van der Waals surface area contributed by atoms with Crippen molar-refractivity contribution in [3.8, 4) is 0 Å². The predicted molar refractivity (Wildman–Crippen MR) is 103 cm³/mol. The standard InChI is InChI=1S/C18H19N3O2S2/c1-3-15-9-11-18(24-15)25(22,23)21-14-8-10-17(19-12-14)20-16-7-5-4-6-13(16)2/h4-12,21H,3H2,1-2H3,(H,19,20). The molecule has 7 heteroatoms. The molecule has 3 aromatic rings. The lowest BCUT2D eigenvalue weighted by Crippen LogP contribution is -2.11. The van der Waals surface area contributed by atoms with E-state index in [1.165, 1.54) is 17.5 Å². The van der Waals surface area contributed by atoms with Crippen molar-refractivity contribution in [1.29, 1.82) is 0 Å². The molecule has 2 N–H and O–H groups in total. The second-order valence-electron chi connectivity index (χ2n) is 5.55. The van der Waals surface area contributed by atoms with E-state index >= 15 is 0 Å². The zero-order chi connectivity index (χ0) is 17.9. The van der Waals surface area contributed by atoms with Gasteiger partial charge in [-0.3, -0.25) is 4.72 Å².